The summed E-state index contributed by atoms with van der Waals surface area (Å²) in [6.45, 7) is 3.35. The van der Waals surface area contributed by atoms with Gasteiger partial charge in [0.1, 0.15) is 5.82 Å². The Balaban J connectivity index is 1.68. The maximum atomic E-state index is 14.2. The molecule has 1 aromatic rings. The molecule has 2 aliphatic rings. The first kappa shape index (κ1) is 15.9. The van der Waals surface area contributed by atoms with Crippen LogP contribution in [-0.2, 0) is 15.1 Å². The van der Waals surface area contributed by atoms with E-state index < -0.39 is 5.54 Å². The molecule has 1 heterocycles. The number of halogens is 1. The Labute approximate surface area is 135 Å². The summed E-state index contributed by atoms with van der Waals surface area (Å²) in [5.74, 6) is 0.00970. The van der Waals surface area contributed by atoms with E-state index in [0.29, 0.717) is 24.6 Å². The molecule has 0 unspecified atom stereocenters. The van der Waals surface area contributed by atoms with Gasteiger partial charge in [-0.1, -0.05) is 25.1 Å². The summed E-state index contributed by atoms with van der Waals surface area (Å²) in [6.07, 6.45) is 1.61. The van der Waals surface area contributed by atoms with Crippen molar-refractivity contribution in [2.75, 3.05) is 26.2 Å². The van der Waals surface area contributed by atoms with E-state index in [-0.39, 0.29) is 30.7 Å². The van der Waals surface area contributed by atoms with Crippen LogP contribution in [0.1, 0.15) is 25.3 Å². The van der Waals surface area contributed by atoms with Crippen LogP contribution < -0.4 is 10.6 Å². The predicted molar refractivity (Wildman–Crippen MR) is 84.1 cm³/mol. The van der Waals surface area contributed by atoms with Crippen LogP contribution in [0.15, 0.2) is 24.3 Å². The molecule has 0 spiro atoms. The van der Waals surface area contributed by atoms with Gasteiger partial charge in [0, 0.05) is 24.2 Å². The van der Waals surface area contributed by atoms with Crippen LogP contribution >= 0.6 is 0 Å². The average molecular weight is 319 g/mol. The molecule has 124 valence electrons. The number of hydrogen-bond acceptors (Lipinski definition) is 3. The predicted octanol–water partition coefficient (Wildman–Crippen LogP) is 0.999. The first-order valence-corrected chi connectivity index (χ1v) is 8.05. The Hall–Kier alpha value is -1.95. The normalized spacial score (nSPS) is 27.3. The molecule has 2 N–H and O–H groups in total. The quantitative estimate of drug-likeness (QED) is 0.870. The fourth-order valence-corrected chi connectivity index (χ4v) is 3.65. The number of amides is 2. The minimum absolute atomic E-state index is 0.101. The minimum atomic E-state index is -0.474. The van der Waals surface area contributed by atoms with Crippen molar-refractivity contribution in [1.29, 1.82) is 0 Å². The van der Waals surface area contributed by atoms with Gasteiger partial charge in [0.25, 0.3) is 0 Å². The fraction of sp³-hybridized carbons (Fsp3) is 0.529. The van der Waals surface area contributed by atoms with Crippen LogP contribution in [0.4, 0.5) is 4.39 Å². The molecule has 0 bridgehead atoms. The first-order valence-electron chi connectivity index (χ1n) is 8.05. The Morgan fingerprint density at radius 2 is 2.17 bits per heavy atom. The maximum Gasteiger partial charge on any atom is 0.239 e. The zero-order valence-corrected chi connectivity index (χ0v) is 13.3. The Bertz CT molecular complexity index is 614. The van der Waals surface area contributed by atoms with E-state index in [4.69, 9.17) is 0 Å². The number of carbonyl (C=O) groups is 2. The van der Waals surface area contributed by atoms with Gasteiger partial charge >= 0.3 is 0 Å². The van der Waals surface area contributed by atoms with Crippen molar-refractivity contribution < 1.29 is 14.0 Å². The summed E-state index contributed by atoms with van der Waals surface area (Å²) < 4.78 is 14.2. The maximum absolute atomic E-state index is 14.2. The van der Waals surface area contributed by atoms with Crippen molar-refractivity contribution in [2.45, 2.75) is 25.3 Å². The number of nitrogens with one attached hydrogen (secondary N) is 2. The number of piperazine rings is 1. The smallest absolute Gasteiger partial charge is 0.239 e. The molecule has 2 fully saturated rings. The molecule has 1 saturated heterocycles. The zero-order chi connectivity index (χ0) is 16.4. The van der Waals surface area contributed by atoms with E-state index in [0.717, 1.165) is 12.8 Å². The lowest BCUT2D eigenvalue weighted by molar-refractivity contribution is -0.138. The highest BCUT2D eigenvalue weighted by atomic mass is 19.1. The van der Waals surface area contributed by atoms with Crippen LogP contribution in [0.5, 0.6) is 0 Å². The van der Waals surface area contributed by atoms with E-state index in [1.54, 1.807) is 17.0 Å². The van der Waals surface area contributed by atoms with Gasteiger partial charge in [-0.2, -0.15) is 0 Å². The third-order valence-electron chi connectivity index (χ3n) is 4.75. The van der Waals surface area contributed by atoms with Gasteiger partial charge in [-0.15, -0.1) is 0 Å². The average Bonchev–Trinajstić information content (AvgIpc) is 2.50. The molecular weight excluding hydrogens is 297 g/mol. The monoisotopic (exact) mass is 319 g/mol. The van der Waals surface area contributed by atoms with Crippen molar-refractivity contribution in [2.24, 2.45) is 5.92 Å². The molecule has 1 saturated carbocycles. The second-order valence-electron chi connectivity index (χ2n) is 6.59. The van der Waals surface area contributed by atoms with Crippen molar-refractivity contribution in [1.82, 2.24) is 15.5 Å². The van der Waals surface area contributed by atoms with E-state index in [2.05, 4.69) is 17.6 Å². The first-order chi connectivity index (χ1) is 11.0. The van der Waals surface area contributed by atoms with Gasteiger partial charge in [-0.05, 0) is 24.8 Å². The van der Waals surface area contributed by atoms with Crippen molar-refractivity contribution in [3.63, 3.8) is 0 Å². The highest BCUT2D eigenvalue weighted by Crippen LogP contribution is 2.46. The van der Waals surface area contributed by atoms with E-state index in [9.17, 15) is 14.0 Å². The van der Waals surface area contributed by atoms with Gasteiger partial charge in [0.15, 0.2) is 0 Å². The SMILES string of the molecule is CC1CC(NCC(=O)N2CCNC(=O)C2)(c2ccccc2F)C1. The summed E-state index contributed by atoms with van der Waals surface area (Å²) >= 11 is 0. The van der Waals surface area contributed by atoms with Crippen molar-refractivity contribution >= 4 is 11.8 Å². The van der Waals surface area contributed by atoms with Crippen LogP contribution in [0.25, 0.3) is 0 Å². The lowest BCUT2D eigenvalue weighted by Gasteiger charge is -2.48. The third-order valence-corrected chi connectivity index (χ3v) is 4.75. The molecule has 1 aromatic carbocycles. The van der Waals surface area contributed by atoms with E-state index in [1.807, 2.05) is 6.07 Å². The molecule has 23 heavy (non-hydrogen) atoms. The largest absolute Gasteiger partial charge is 0.353 e. The highest BCUT2D eigenvalue weighted by Gasteiger charge is 2.45. The Morgan fingerprint density at radius 1 is 1.43 bits per heavy atom. The van der Waals surface area contributed by atoms with E-state index >= 15 is 0 Å². The molecule has 2 amide bonds. The van der Waals surface area contributed by atoms with Crippen molar-refractivity contribution in [3.8, 4) is 0 Å². The lowest BCUT2D eigenvalue weighted by Crippen LogP contribution is -2.57. The highest BCUT2D eigenvalue weighted by molar-refractivity contribution is 5.86. The molecule has 1 aliphatic heterocycles. The number of hydrogen-bond donors (Lipinski definition) is 2. The second kappa shape index (κ2) is 6.28. The zero-order valence-electron chi connectivity index (χ0n) is 13.3. The lowest BCUT2D eigenvalue weighted by atomic mass is 9.65. The Morgan fingerprint density at radius 3 is 2.83 bits per heavy atom. The standard InChI is InChI=1S/C17H22FN3O2/c1-12-8-17(9-12,13-4-2-3-5-14(13)18)20-10-16(23)21-7-6-19-15(22)11-21/h2-5,12,20H,6-11H2,1H3,(H,19,22). The molecule has 0 atom stereocenters. The summed E-state index contributed by atoms with van der Waals surface area (Å²) in [5.41, 5.74) is 0.153. The number of carbonyl (C=O) groups excluding carboxylic acids is 2. The van der Waals surface area contributed by atoms with Crippen LogP contribution in [0, 0.1) is 11.7 Å². The van der Waals surface area contributed by atoms with Crippen LogP contribution in [0.3, 0.4) is 0 Å². The van der Waals surface area contributed by atoms with Gasteiger partial charge in [-0.25, -0.2) is 4.39 Å². The summed E-state index contributed by atoms with van der Waals surface area (Å²) in [6, 6.07) is 6.74. The van der Waals surface area contributed by atoms with Crippen LogP contribution in [-0.4, -0.2) is 42.9 Å². The molecule has 0 radical (unpaired) electrons. The Kier molecular flexibility index (Phi) is 4.35. The molecule has 6 heteroatoms. The van der Waals surface area contributed by atoms with Gasteiger partial charge < -0.3 is 10.2 Å². The molecule has 5 nitrogen and oxygen atoms in total. The fourth-order valence-electron chi connectivity index (χ4n) is 3.65. The third kappa shape index (κ3) is 3.22. The summed E-state index contributed by atoms with van der Waals surface area (Å²) in [4.78, 5) is 25.2. The molecular formula is C17H22FN3O2. The number of nitrogens with zero attached hydrogens (tertiary/aromatic N) is 1. The molecule has 0 aromatic heterocycles. The molecule has 1 aliphatic carbocycles. The summed E-state index contributed by atoms with van der Waals surface area (Å²) in [5, 5.41) is 5.97. The van der Waals surface area contributed by atoms with Crippen molar-refractivity contribution in [3.05, 3.63) is 35.6 Å². The van der Waals surface area contributed by atoms with Crippen LogP contribution in [0.2, 0.25) is 0 Å². The topological polar surface area (TPSA) is 61.4 Å². The number of benzene rings is 1. The number of rotatable bonds is 4. The molecule has 3 rings (SSSR count). The van der Waals surface area contributed by atoms with Gasteiger partial charge in [0.2, 0.25) is 11.8 Å². The van der Waals surface area contributed by atoms with E-state index in [1.165, 1.54) is 6.07 Å². The second-order valence-corrected chi connectivity index (χ2v) is 6.59. The van der Waals surface area contributed by atoms with Gasteiger partial charge in [0.05, 0.1) is 13.1 Å². The minimum Gasteiger partial charge on any atom is -0.353 e. The summed E-state index contributed by atoms with van der Waals surface area (Å²) in [7, 11) is 0. The van der Waals surface area contributed by atoms with Gasteiger partial charge in [-0.3, -0.25) is 14.9 Å².